The molecule has 27 heavy (non-hydrogen) atoms. The predicted octanol–water partition coefficient (Wildman–Crippen LogP) is 3.26. The highest BCUT2D eigenvalue weighted by atomic mass is 28.3. The molecule has 0 bridgehead atoms. The van der Waals surface area contributed by atoms with Crippen molar-refractivity contribution in [3.05, 3.63) is 78.1 Å². The van der Waals surface area contributed by atoms with Gasteiger partial charge in [-0.05, 0) is 24.1 Å². The lowest BCUT2D eigenvalue weighted by Gasteiger charge is -2.44. The van der Waals surface area contributed by atoms with Crippen molar-refractivity contribution in [1.82, 2.24) is 9.78 Å². The van der Waals surface area contributed by atoms with Crippen molar-refractivity contribution < 1.29 is 4.79 Å². The first-order valence-corrected chi connectivity index (χ1v) is 11.4. The highest BCUT2D eigenvalue weighted by molar-refractivity contribution is 7.03. The van der Waals surface area contributed by atoms with Gasteiger partial charge in [0.25, 0.3) is 0 Å². The Morgan fingerprint density at radius 2 is 1.48 bits per heavy atom. The second-order valence-electron chi connectivity index (χ2n) is 8.09. The molecule has 0 aliphatic carbocycles. The summed E-state index contributed by atoms with van der Waals surface area (Å²) >= 11 is 0. The first kappa shape index (κ1) is 19.1. The fourth-order valence-electron chi connectivity index (χ4n) is 4.09. The van der Waals surface area contributed by atoms with Gasteiger partial charge < -0.3 is 5.73 Å². The summed E-state index contributed by atoms with van der Waals surface area (Å²) in [5, 5.41) is 7.03. The lowest BCUT2D eigenvalue weighted by atomic mass is 10.2. The molecule has 3 aromatic rings. The maximum Gasteiger partial charge on any atom is 0.339 e. The van der Waals surface area contributed by atoms with Crippen LogP contribution in [0.3, 0.4) is 0 Å². The fourth-order valence-corrected chi connectivity index (χ4v) is 9.41. The van der Waals surface area contributed by atoms with Gasteiger partial charge in [0.1, 0.15) is 8.07 Å². The Morgan fingerprint density at radius 1 is 1.00 bits per heavy atom. The molecule has 5 heteroatoms. The Bertz CT molecular complexity index is 888. The Hall–Kier alpha value is -2.66. The van der Waals surface area contributed by atoms with E-state index in [-0.39, 0.29) is 5.04 Å². The van der Waals surface area contributed by atoms with Gasteiger partial charge in [0, 0.05) is 5.69 Å². The second kappa shape index (κ2) is 7.16. The molecule has 0 radical (unpaired) electrons. The zero-order chi connectivity index (χ0) is 19.7. The molecule has 1 amide bonds. The number of hydrogen-bond donors (Lipinski definition) is 1. The molecule has 0 saturated carbocycles. The zero-order valence-corrected chi connectivity index (χ0v) is 17.4. The summed E-state index contributed by atoms with van der Waals surface area (Å²) < 4.78 is 1.37. The normalized spacial score (nSPS) is 12.1. The highest BCUT2D eigenvalue weighted by Gasteiger charge is 2.48. The Labute approximate surface area is 162 Å². The van der Waals surface area contributed by atoms with Crippen LogP contribution in [-0.4, -0.2) is 23.9 Å². The largest absolute Gasteiger partial charge is 0.350 e. The molecule has 2 N–H and O–H groups in total. The SMILES string of the molecule is Cc1cc(C[Si](c2ccccc2)(c2ccccc2)C(C)(C)C)n(C(N)=O)n1. The predicted molar refractivity (Wildman–Crippen MR) is 113 cm³/mol. The van der Waals surface area contributed by atoms with Crippen LogP contribution in [0, 0.1) is 6.92 Å². The average Bonchev–Trinajstić information content (AvgIpc) is 3.00. The second-order valence-corrected chi connectivity index (χ2v) is 12.9. The molecular formula is C22H27N3OSi. The zero-order valence-electron chi connectivity index (χ0n) is 16.4. The molecular weight excluding hydrogens is 350 g/mol. The molecule has 1 aromatic heterocycles. The monoisotopic (exact) mass is 377 g/mol. The minimum Gasteiger partial charge on any atom is -0.350 e. The number of benzene rings is 2. The standard InChI is InChI=1S/C22H27N3OSi/c1-17-15-18(25(24-17)21(23)26)16-27(22(2,3)4,19-11-7-5-8-12-19)20-13-9-6-10-14-20/h5-15H,16H2,1-4H3,(H2,23,26). The first-order valence-electron chi connectivity index (χ1n) is 9.22. The number of aryl methyl sites for hydroxylation is 1. The summed E-state index contributed by atoms with van der Waals surface area (Å²) in [4.78, 5) is 12.0. The van der Waals surface area contributed by atoms with Crippen LogP contribution >= 0.6 is 0 Å². The van der Waals surface area contributed by atoms with E-state index >= 15 is 0 Å². The minimum absolute atomic E-state index is 0.0103. The van der Waals surface area contributed by atoms with Crippen LogP contribution in [0.2, 0.25) is 5.04 Å². The minimum atomic E-state index is -2.32. The quantitative estimate of drug-likeness (QED) is 0.710. The van der Waals surface area contributed by atoms with Crippen LogP contribution in [0.25, 0.3) is 0 Å². The van der Waals surface area contributed by atoms with Crippen LogP contribution in [-0.2, 0) is 6.04 Å². The average molecular weight is 378 g/mol. The number of amides is 1. The number of carbonyl (C=O) groups excluding carboxylic acids is 1. The number of carbonyl (C=O) groups is 1. The van der Waals surface area contributed by atoms with Crippen molar-refractivity contribution in [2.24, 2.45) is 5.73 Å². The number of rotatable bonds is 4. The van der Waals surface area contributed by atoms with Gasteiger partial charge in [0.15, 0.2) is 0 Å². The summed E-state index contributed by atoms with van der Waals surface area (Å²) in [5.41, 5.74) is 7.30. The molecule has 0 fully saturated rings. The fraction of sp³-hybridized carbons (Fsp3) is 0.273. The van der Waals surface area contributed by atoms with Gasteiger partial charge in [0.05, 0.1) is 5.69 Å². The molecule has 0 aliphatic heterocycles. The number of aromatic nitrogens is 2. The Kier molecular flexibility index (Phi) is 5.06. The lowest BCUT2D eigenvalue weighted by Crippen LogP contribution is -2.66. The van der Waals surface area contributed by atoms with Crippen molar-refractivity contribution in [2.45, 2.75) is 38.8 Å². The maximum atomic E-state index is 12.0. The van der Waals surface area contributed by atoms with Gasteiger partial charge >= 0.3 is 6.03 Å². The number of nitrogens with zero attached hydrogens (tertiary/aromatic N) is 2. The molecule has 0 atom stereocenters. The summed E-state index contributed by atoms with van der Waals surface area (Å²) in [7, 11) is -2.32. The third-order valence-corrected chi connectivity index (χ3v) is 11.5. The van der Waals surface area contributed by atoms with E-state index in [1.165, 1.54) is 15.1 Å². The number of hydrogen-bond acceptors (Lipinski definition) is 2. The van der Waals surface area contributed by atoms with Crippen molar-refractivity contribution in [2.75, 3.05) is 0 Å². The molecule has 0 spiro atoms. The van der Waals surface area contributed by atoms with E-state index in [1.807, 2.05) is 25.1 Å². The van der Waals surface area contributed by atoms with E-state index in [9.17, 15) is 4.79 Å². The van der Waals surface area contributed by atoms with E-state index in [1.54, 1.807) is 0 Å². The van der Waals surface area contributed by atoms with Gasteiger partial charge in [-0.3, -0.25) is 0 Å². The highest BCUT2D eigenvalue weighted by Crippen LogP contribution is 2.38. The third kappa shape index (κ3) is 3.47. The van der Waals surface area contributed by atoms with Crippen LogP contribution in [0.1, 0.15) is 32.2 Å². The summed E-state index contributed by atoms with van der Waals surface area (Å²) in [6, 6.07) is 23.6. The van der Waals surface area contributed by atoms with Gasteiger partial charge in [-0.25, -0.2) is 4.79 Å². The van der Waals surface area contributed by atoms with Crippen LogP contribution in [0.4, 0.5) is 4.79 Å². The number of nitrogens with two attached hydrogens (primary N) is 1. The molecule has 1 heterocycles. The van der Waals surface area contributed by atoms with E-state index in [2.05, 4.69) is 74.4 Å². The molecule has 2 aromatic carbocycles. The van der Waals surface area contributed by atoms with Crippen molar-refractivity contribution >= 4 is 24.5 Å². The first-order chi connectivity index (χ1) is 12.8. The number of primary amides is 1. The van der Waals surface area contributed by atoms with Crippen molar-refractivity contribution in [3.63, 3.8) is 0 Å². The van der Waals surface area contributed by atoms with Crippen LogP contribution in [0.5, 0.6) is 0 Å². The van der Waals surface area contributed by atoms with E-state index in [0.29, 0.717) is 0 Å². The van der Waals surface area contributed by atoms with Gasteiger partial charge in [-0.15, -0.1) is 0 Å². The molecule has 140 valence electrons. The van der Waals surface area contributed by atoms with Crippen molar-refractivity contribution in [3.8, 4) is 0 Å². The summed E-state index contributed by atoms with van der Waals surface area (Å²) in [6.07, 6.45) is 0. The topological polar surface area (TPSA) is 60.9 Å². The van der Waals surface area contributed by atoms with E-state index < -0.39 is 14.1 Å². The van der Waals surface area contributed by atoms with Crippen LogP contribution < -0.4 is 16.1 Å². The molecule has 3 rings (SSSR count). The molecule has 0 saturated heterocycles. The van der Waals surface area contributed by atoms with Crippen LogP contribution in [0.15, 0.2) is 66.7 Å². The van der Waals surface area contributed by atoms with Crippen molar-refractivity contribution in [1.29, 1.82) is 0 Å². The van der Waals surface area contributed by atoms with Gasteiger partial charge in [0.2, 0.25) is 0 Å². The van der Waals surface area contributed by atoms with Gasteiger partial charge in [-0.2, -0.15) is 9.78 Å². The lowest BCUT2D eigenvalue weighted by molar-refractivity contribution is 0.247. The Morgan fingerprint density at radius 3 is 1.89 bits per heavy atom. The molecule has 0 unspecified atom stereocenters. The maximum absolute atomic E-state index is 12.0. The summed E-state index contributed by atoms with van der Waals surface area (Å²) in [6.45, 7) is 8.81. The Balaban J connectivity index is 2.29. The van der Waals surface area contributed by atoms with E-state index in [4.69, 9.17) is 5.73 Å². The van der Waals surface area contributed by atoms with Gasteiger partial charge in [-0.1, -0.05) is 91.8 Å². The molecule has 4 nitrogen and oxygen atoms in total. The third-order valence-electron chi connectivity index (χ3n) is 5.37. The van der Waals surface area contributed by atoms with E-state index in [0.717, 1.165) is 17.4 Å². The smallest absolute Gasteiger partial charge is 0.339 e. The molecule has 0 aliphatic rings. The summed E-state index contributed by atoms with van der Waals surface area (Å²) in [5.74, 6) is 0.